The molecule has 0 saturated carbocycles. The first-order chi connectivity index (χ1) is 12.0. The molecule has 1 saturated heterocycles. The van der Waals surface area contributed by atoms with Crippen molar-refractivity contribution in [2.24, 2.45) is 5.92 Å². The summed E-state index contributed by atoms with van der Waals surface area (Å²) in [4.78, 5) is 14.8. The van der Waals surface area contributed by atoms with Crippen LogP contribution in [0.4, 0.5) is 0 Å². The summed E-state index contributed by atoms with van der Waals surface area (Å²) in [7, 11) is 2.07. The van der Waals surface area contributed by atoms with Crippen molar-refractivity contribution in [1.29, 1.82) is 0 Å². The normalized spacial score (nSPS) is 18.8. The molecular formula is C19H23ClN2O3. The summed E-state index contributed by atoms with van der Waals surface area (Å²) in [5, 5.41) is 3.60. The van der Waals surface area contributed by atoms with Gasteiger partial charge in [-0.1, -0.05) is 23.7 Å². The molecule has 0 aliphatic carbocycles. The lowest BCUT2D eigenvalue weighted by molar-refractivity contribution is 0.0920. The highest BCUT2D eigenvalue weighted by atomic mass is 35.5. The number of nitrogens with one attached hydrogen (secondary N) is 1. The van der Waals surface area contributed by atoms with Crippen molar-refractivity contribution in [1.82, 2.24) is 10.2 Å². The van der Waals surface area contributed by atoms with Crippen LogP contribution >= 0.6 is 11.6 Å². The third kappa shape index (κ3) is 4.42. The largest absolute Gasteiger partial charge is 0.460 e. The van der Waals surface area contributed by atoms with E-state index < -0.39 is 0 Å². The number of rotatable bonds is 4. The molecule has 0 bridgehead atoms. The number of halogens is 1. The summed E-state index contributed by atoms with van der Waals surface area (Å²) in [6.45, 7) is 5.61. The van der Waals surface area contributed by atoms with Gasteiger partial charge in [0.15, 0.2) is 0 Å². The number of furan rings is 1. The van der Waals surface area contributed by atoms with Crippen LogP contribution in [-0.4, -0.2) is 50.7 Å². The lowest BCUT2D eigenvalue weighted by Crippen LogP contribution is -2.35. The standard InChI is InChI=1S/C19H23ClN2O3/c1-13-16(9-18(25-13)15-5-3-4-6-17(15)20)19(23)21-10-14-11-22(2)7-8-24-12-14/h3-6,9,14H,7-8,10-12H2,1-2H3,(H,21,23). The number of benzene rings is 1. The lowest BCUT2D eigenvalue weighted by Gasteiger charge is -2.19. The molecule has 0 radical (unpaired) electrons. The molecule has 1 fully saturated rings. The number of carbonyl (C=O) groups excluding carboxylic acids is 1. The van der Waals surface area contributed by atoms with E-state index in [1.165, 1.54) is 0 Å². The van der Waals surface area contributed by atoms with Crippen LogP contribution in [-0.2, 0) is 4.74 Å². The van der Waals surface area contributed by atoms with Crippen LogP contribution in [0.25, 0.3) is 11.3 Å². The number of amides is 1. The van der Waals surface area contributed by atoms with Gasteiger partial charge in [0.1, 0.15) is 11.5 Å². The second-order valence-electron chi connectivity index (χ2n) is 6.47. The van der Waals surface area contributed by atoms with Crippen molar-refractivity contribution in [3.63, 3.8) is 0 Å². The van der Waals surface area contributed by atoms with Crippen LogP contribution in [0.2, 0.25) is 5.02 Å². The molecular weight excluding hydrogens is 340 g/mol. The second kappa shape index (κ2) is 8.04. The van der Waals surface area contributed by atoms with Gasteiger partial charge in [0, 0.05) is 31.1 Å². The molecule has 5 nitrogen and oxygen atoms in total. The maximum atomic E-state index is 12.5. The van der Waals surface area contributed by atoms with Gasteiger partial charge in [-0.3, -0.25) is 4.79 Å². The number of ether oxygens (including phenoxy) is 1. The minimum atomic E-state index is -0.133. The van der Waals surface area contributed by atoms with Crippen LogP contribution in [0.3, 0.4) is 0 Å². The molecule has 6 heteroatoms. The van der Waals surface area contributed by atoms with E-state index >= 15 is 0 Å². The molecule has 1 amide bonds. The Labute approximate surface area is 152 Å². The first kappa shape index (κ1) is 18.0. The monoisotopic (exact) mass is 362 g/mol. The fraction of sp³-hybridized carbons (Fsp3) is 0.421. The van der Waals surface area contributed by atoms with E-state index in [1.54, 1.807) is 19.1 Å². The summed E-state index contributed by atoms with van der Waals surface area (Å²) in [6.07, 6.45) is 0. The van der Waals surface area contributed by atoms with Gasteiger partial charge in [0.25, 0.3) is 5.91 Å². The van der Waals surface area contributed by atoms with E-state index in [1.807, 2.05) is 18.2 Å². The molecule has 1 aliphatic rings. The molecule has 1 aliphatic heterocycles. The zero-order chi connectivity index (χ0) is 17.8. The zero-order valence-corrected chi connectivity index (χ0v) is 15.3. The first-order valence-corrected chi connectivity index (χ1v) is 8.82. The molecule has 1 N–H and O–H groups in total. The van der Waals surface area contributed by atoms with E-state index in [2.05, 4.69) is 17.3 Å². The number of carbonyl (C=O) groups is 1. The van der Waals surface area contributed by atoms with Crippen molar-refractivity contribution >= 4 is 17.5 Å². The van der Waals surface area contributed by atoms with E-state index in [-0.39, 0.29) is 11.8 Å². The Bertz CT molecular complexity index is 744. The lowest BCUT2D eigenvalue weighted by atomic mass is 10.1. The smallest absolute Gasteiger partial charge is 0.254 e. The highest BCUT2D eigenvalue weighted by Gasteiger charge is 2.20. The fourth-order valence-electron chi connectivity index (χ4n) is 3.01. The van der Waals surface area contributed by atoms with Crippen LogP contribution < -0.4 is 5.32 Å². The second-order valence-corrected chi connectivity index (χ2v) is 6.88. The van der Waals surface area contributed by atoms with E-state index in [4.69, 9.17) is 20.8 Å². The zero-order valence-electron chi connectivity index (χ0n) is 14.5. The van der Waals surface area contributed by atoms with Gasteiger partial charge in [-0.05, 0) is 32.2 Å². The van der Waals surface area contributed by atoms with Crippen LogP contribution in [0, 0.1) is 12.8 Å². The van der Waals surface area contributed by atoms with Gasteiger partial charge in [0.05, 0.1) is 23.8 Å². The Kier molecular flexibility index (Phi) is 5.78. The summed E-state index contributed by atoms with van der Waals surface area (Å²) in [6, 6.07) is 9.18. The molecule has 1 unspecified atom stereocenters. The molecule has 1 atom stereocenters. The highest BCUT2D eigenvalue weighted by Crippen LogP contribution is 2.30. The molecule has 1 aromatic heterocycles. The average molecular weight is 363 g/mol. The first-order valence-electron chi connectivity index (χ1n) is 8.44. The van der Waals surface area contributed by atoms with Gasteiger partial charge in [0.2, 0.25) is 0 Å². The van der Waals surface area contributed by atoms with Crippen molar-refractivity contribution in [3.8, 4) is 11.3 Å². The Morgan fingerprint density at radius 1 is 1.40 bits per heavy atom. The van der Waals surface area contributed by atoms with Gasteiger partial charge in [-0.25, -0.2) is 0 Å². The number of hydrogen-bond donors (Lipinski definition) is 1. The predicted molar refractivity (Wildman–Crippen MR) is 98.0 cm³/mol. The minimum absolute atomic E-state index is 0.133. The SMILES string of the molecule is Cc1oc(-c2ccccc2Cl)cc1C(=O)NCC1COCCN(C)C1. The Balaban J connectivity index is 1.67. The van der Waals surface area contributed by atoms with Gasteiger partial charge < -0.3 is 19.4 Å². The maximum Gasteiger partial charge on any atom is 0.254 e. The van der Waals surface area contributed by atoms with Gasteiger partial charge in [-0.15, -0.1) is 0 Å². The number of aryl methyl sites for hydroxylation is 1. The number of hydrogen-bond acceptors (Lipinski definition) is 4. The summed E-state index contributed by atoms with van der Waals surface area (Å²) in [5.41, 5.74) is 1.32. The quantitative estimate of drug-likeness (QED) is 0.907. The third-order valence-corrected chi connectivity index (χ3v) is 4.72. The topological polar surface area (TPSA) is 54.7 Å². The molecule has 3 rings (SSSR count). The fourth-order valence-corrected chi connectivity index (χ4v) is 3.24. The molecule has 25 heavy (non-hydrogen) atoms. The van der Waals surface area contributed by atoms with Crippen molar-refractivity contribution in [2.45, 2.75) is 6.92 Å². The molecule has 2 heterocycles. The molecule has 1 aromatic carbocycles. The van der Waals surface area contributed by atoms with Crippen LogP contribution in [0.15, 0.2) is 34.7 Å². The minimum Gasteiger partial charge on any atom is -0.460 e. The highest BCUT2D eigenvalue weighted by molar-refractivity contribution is 6.33. The van der Waals surface area contributed by atoms with E-state index in [9.17, 15) is 4.79 Å². The van der Waals surface area contributed by atoms with Gasteiger partial charge >= 0.3 is 0 Å². The van der Waals surface area contributed by atoms with Crippen LogP contribution in [0.5, 0.6) is 0 Å². The van der Waals surface area contributed by atoms with E-state index in [0.29, 0.717) is 35.3 Å². The summed E-state index contributed by atoms with van der Waals surface area (Å²) in [5.74, 6) is 1.34. The van der Waals surface area contributed by atoms with Gasteiger partial charge in [-0.2, -0.15) is 0 Å². The number of likely N-dealkylation sites (N-methyl/N-ethyl adjacent to an activating group) is 1. The average Bonchev–Trinajstić information content (AvgIpc) is 2.85. The Hall–Kier alpha value is -1.82. The predicted octanol–water partition coefficient (Wildman–Crippen LogP) is 3.22. The van der Waals surface area contributed by atoms with Crippen molar-refractivity contribution in [2.75, 3.05) is 39.9 Å². The summed E-state index contributed by atoms with van der Waals surface area (Å²) >= 11 is 6.21. The Morgan fingerprint density at radius 3 is 3.00 bits per heavy atom. The molecule has 134 valence electrons. The van der Waals surface area contributed by atoms with Crippen molar-refractivity contribution in [3.05, 3.63) is 46.7 Å². The summed E-state index contributed by atoms with van der Waals surface area (Å²) < 4.78 is 11.3. The molecule has 0 spiro atoms. The van der Waals surface area contributed by atoms with Crippen molar-refractivity contribution < 1.29 is 13.9 Å². The van der Waals surface area contributed by atoms with E-state index in [0.717, 1.165) is 25.3 Å². The van der Waals surface area contributed by atoms with Crippen LogP contribution in [0.1, 0.15) is 16.1 Å². The Morgan fingerprint density at radius 2 is 2.20 bits per heavy atom. The molecule has 2 aromatic rings. The maximum absolute atomic E-state index is 12.5. The third-order valence-electron chi connectivity index (χ3n) is 4.39. The number of nitrogens with zero attached hydrogens (tertiary/aromatic N) is 1.